The molecule has 0 aromatic heterocycles. The van der Waals surface area contributed by atoms with E-state index in [0.717, 1.165) is 5.88 Å². The third-order valence-corrected chi connectivity index (χ3v) is 0.667. The van der Waals surface area contributed by atoms with Crippen molar-refractivity contribution in [2.24, 2.45) is 0 Å². The Labute approximate surface area is 70.2 Å². The predicted octanol–water partition coefficient (Wildman–Crippen LogP) is 2.64. The van der Waals surface area contributed by atoms with Gasteiger partial charge in [0.05, 0.1) is 0 Å². The van der Waals surface area contributed by atoms with Crippen molar-refractivity contribution in [1.29, 1.82) is 0 Å². The number of alkyl halides is 1. The lowest BCUT2D eigenvalue weighted by Crippen LogP contribution is -2.29. The first kappa shape index (κ1) is 12.9. The second-order valence-electron chi connectivity index (χ2n) is 2.74. The highest BCUT2D eigenvalue weighted by Gasteiger charge is 1.92. The van der Waals surface area contributed by atoms with E-state index in [1.54, 1.807) is 0 Å². The van der Waals surface area contributed by atoms with Gasteiger partial charge < -0.3 is 5.32 Å². The first-order chi connectivity index (χ1) is 4.54. The van der Waals surface area contributed by atoms with E-state index in [2.05, 4.69) is 33.0 Å². The molecule has 0 saturated heterocycles. The van der Waals surface area contributed by atoms with Gasteiger partial charge in [-0.1, -0.05) is 34.6 Å². The Bertz CT molecular complexity index is 47.2. The molecular formula is C8H20ClN. The summed E-state index contributed by atoms with van der Waals surface area (Å²) in [6.07, 6.45) is 0. The molecule has 2 heteroatoms. The van der Waals surface area contributed by atoms with Crippen LogP contribution < -0.4 is 5.32 Å². The van der Waals surface area contributed by atoms with Crippen molar-refractivity contribution in [1.82, 2.24) is 5.32 Å². The van der Waals surface area contributed by atoms with E-state index in [1.807, 2.05) is 6.92 Å². The Kier molecular flexibility index (Phi) is 11.9. The average molecular weight is 166 g/mol. The van der Waals surface area contributed by atoms with E-state index >= 15 is 0 Å². The van der Waals surface area contributed by atoms with E-state index in [4.69, 9.17) is 11.6 Å². The van der Waals surface area contributed by atoms with E-state index in [9.17, 15) is 0 Å². The average Bonchev–Trinajstić information content (AvgIpc) is 1.62. The maximum absolute atomic E-state index is 5.00. The Morgan fingerprint density at radius 3 is 1.30 bits per heavy atom. The molecule has 0 radical (unpaired) electrons. The van der Waals surface area contributed by atoms with Crippen molar-refractivity contribution in [3.05, 3.63) is 0 Å². The molecule has 0 spiro atoms. The molecule has 0 unspecified atom stereocenters. The summed E-state index contributed by atoms with van der Waals surface area (Å²) in [5, 5.41) is 3.31. The number of nitrogens with one attached hydrogen (secondary N) is 1. The molecule has 0 aliphatic heterocycles. The predicted molar refractivity (Wildman–Crippen MR) is 49.8 cm³/mol. The van der Waals surface area contributed by atoms with Crippen molar-refractivity contribution < 1.29 is 0 Å². The number of rotatable bonds is 2. The largest absolute Gasteiger partial charge is 0.312 e. The summed E-state index contributed by atoms with van der Waals surface area (Å²) in [5.74, 6) is 0.722. The van der Waals surface area contributed by atoms with Gasteiger partial charge in [-0.05, 0) is 0 Å². The lowest BCUT2D eigenvalue weighted by Gasteiger charge is -2.10. The van der Waals surface area contributed by atoms with E-state index in [0.29, 0.717) is 12.1 Å². The van der Waals surface area contributed by atoms with Crippen LogP contribution in [0.25, 0.3) is 0 Å². The smallest absolute Gasteiger partial charge is 0.0195 e. The highest BCUT2D eigenvalue weighted by Crippen LogP contribution is 1.80. The topological polar surface area (TPSA) is 12.0 Å². The second-order valence-corrected chi connectivity index (χ2v) is 3.28. The Hall–Kier alpha value is 0.250. The molecule has 0 rings (SSSR count). The molecule has 0 fully saturated rings. The van der Waals surface area contributed by atoms with E-state index in [1.165, 1.54) is 0 Å². The first-order valence-corrected chi connectivity index (χ1v) is 4.40. The molecule has 0 aliphatic carbocycles. The Morgan fingerprint density at radius 1 is 1.10 bits per heavy atom. The summed E-state index contributed by atoms with van der Waals surface area (Å²) >= 11 is 5.00. The van der Waals surface area contributed by atoms with Gasteiger partial charge in [-0.15, -0.1) is 11.6 Å². The zero-order valence-corrected chi connectivity index (χ0v) is 8.50. The molecule has 64 valence electrons. The van der Waals surface area contributed by atoms with Crippen molar-refractivity contribution >= 4 is 11.6 Å². The highest BCUT2D eigenvalue weighted by molar-refractivity contribution is 6.17. The SMILES string of the molecule is CC(C)NC(C)C.CCCl. The molecule has 10 heavy (non-hydrogen) atoms. The van der Waals surface area contributed by atoms with Gasteiger partial charge in [-0.2, -0.15) is 0 Å². The van der Waals surface area contributed by atoms with Gasteiger partial charge in [-0.3, -0.25) is 0 Å². The summed E-state index contributed by atoms with van der Waals surface area (Å²) < 4.78 is 0. The molecule has 0 heterocycles. The van der Waals surface area contributed by atoms with Crippen LogP contribution in [0.3, 0.4) is 0 Å². The third-order valence-electron chi connectivity index (χ3n) is 0.667. The summed E-state index contributed by atoms with van der Waals surface area (Å²) in [5.41, 5.74) is 0. The van der Waals surface area contributed by atoms with Crippen molar-refractivity contribution in [3.8, 4) is 0 Å². The Morgan fingerprint density at radius 2 is 1.30 bits per heavy atom. The van der Waals surface area contributed by atoms with Crippen LogP contribution in [-0.4, -0.2) is 18.0 Å². The van der Waals surface area contributed by atoms with Gasteiger partial charge in [-0.25, -0.2) is 0 Å². The van der Waals surface area contributed by atoms with Crippen molar-refractivity contribution in [3.63, 3.8) is 0 Å². The van der Waals surface area contributed by atoms with Gasteiger partial charge in [0.25, 0.3) is 0 Å². The maximum Gasteiger partial charge on any atom is 0.0195 e. The van der Waals surface area contributed by atoms with E-state index in [-0.39, 0.29) is 0 Å². The summed E-state index contributed by atoms with van der Waals surface area (Å²) in [7, 11) is 0. The van der Waals surface area contributed by atoms with Gasteiger partial charge in [0.15, 0.2) is 0 Å². The minimum absolute atomic E-state index is 0.625. The number of hydrogen-bond acceptors (Lipinski definition) is 1. The molecule has 1 N–H and O–H groups in total. The maximum atomic E-state index is 5.00. The minimum atomic E-state index is 0.625. The summed E-state index contributed by atoms with van der Waals surface area (Å²) in [6, 6.07) is 1.25. The molecule has 0 aliphatic rings. The molecular weight excluding hydrogens is 146 g/mol. The molecule has 0 amide bonds. The lowest BCUT2D eigenvalue weighted by molar-refractivity contribution is 0.518. The van der Waals surface area contributed by atoms with Gasteiger partial charge in [0, 0.05) is 18.0 Å². The van der Waals surface area contributed by atoms with Crippen LogP contribution >= 0.6 is 11.6 Å². The summed E-state index contributed by atoms with van der Waals surface area (Å²) in [4.78, 5) is 0. The van der Waals surface area contributed by atoms with Crippen LogP contribution in [0, 0.1) is 0 Å². The molecule has 1 nitrogen and oxygen atoms in total. The van der Waals surface area contributed by atoms with Crippen LogP contribution in [0.4, 0.5) is 0 Å². The van der Waals surface area contributed by atoms with Crippen LogP contribution in [-0.2, 0) is 0 Å². The Balaban J connectivity index is 0. The zero-order valence-electron chi connectivity index (χ0n) is 7.74. The van der Waals surface area contributed by atoms with Crippen molar-refractivity contribution in [2.75, 3.05) is 5.88 Å². The van der Waals surface area contributed by atoms with Gasteiger partial charge in [0.2, 0.25) is 0 Å². The fraction of sp³-hybridized carbons (Fsp3) is 1.00. The van der Waals surface area contributed by atoms with Crippen LogP contribution in [0.2, 0.25) is 0 Å². The second kappa shape index (κ2) is 9.25. The standard InChI is InChI=1S/C6H15N.C2H5Cl/c1-5(2)7-6(3)4;1-2-3/h5-7H,1-4H3;2H2,1H3. The minimum Gasteiger partial charge on any atom is -0.312 e. The van der Waals surface area contributed by atoms with Crippen LogP contribution in [0.15, 0.2) is 0 Å². The fourth-order valence-electron chi connectivity index (χ4n) is 0.667. The normalized spacial score (nSPS) is 9.60. The van der Waals surface area contributed by atoms with Crippen molar-refractivity contribution in [2.45, 2.75) is 46.7 Å². The molecule has 0 atom stereocenters. The quantitative estimate of drug-likeness (QED) is 0.621. The van der Waals surface area contributed by atoms with Crippen LogP contribution in [0.1, 0.15) is 34.6 Å². The number of halogens is 1. The molecule has 0 saturated carbocycles. The van der Waals surface area contributed by atoms with Crippen LogP contribution in [0.5, 0.6) is 0 Å². The molecule has 0 bridgehead atoms. The monoisotopic (exact) mass is 165 g/mol. The van der Waals surface area contributed by atoms with Gasteiger partial charge >= 0.3 is 0 Å². The molecule has 0 aromatic carbocycles. The first-order valence-electron chi connectivity index (χ1n) is 3.86. The zero-order chi connectivity index (χ0) is 8.57. The third kappa shape index (κ3) is 24.0. The van der Waals surface area contributed by atoms with E-state index < -0.39 is 0 Å². The fourth-order valence-corrected chi connectivity index (χ4v) is 0.667. The van der Waals surface area contributed by atoms with Gasteiger partial charge in [0.1, 0.15) is 0 Å². The summed E-state index contributed by atoms with van der Waals surface area (Å²) in [6.45, 7) is 10.5. The molecule has 0 aromatic rings. The highest BCUT2D eigenvalue weighted by atomic mass is 35.5. The number of hydrogen-bond donors (Lipinski definition) is 1. The lowest BCUT2D eigenvalue weighted by atomic mass is 10.3.